The summed E-state index contributed by atoms with van der Waals surface area (Å²) in [7, 11) is 1.56. The fourth-order valence-corrected chi connectivity index (χ4v) is 1.84. The standard InChI is InChI=1S/C17H13ClO3/c1-21-15-8-4-13(5-9-15)17(20)11-10-16(19)12-2-6-14(18)7-3-12/h2-11H,1H3/b11-10+. The first-order valence-corrected chi connectivity index (χ1v) is 6.64. The molecule has 0 aliphatic carbocycles. The Morgan fingerprint density at radius 2 is 1.29 bits per heavy atom. The van der Waals surface area contributed by atoms with Crippen molar-refractivity contribution in [3.63, 3.8) is 0 Å². The average molecular weight is 301 g/mol. The molecule has 106 valence electrons. The van der Waals surface area contributed by atoms with E-state index in [-0.39, 0.29) is 11.6 Å². The number of benzene rings is 2. The van der Waals surface area contributed by atoms with Gasteiger partial charge in [0.15, 0.2) is 11.6 Å². The number of ketones is 2. The van der Waals surface area contributed by atoms with Gasteiger partial charge in [0.05, 0.1) is 7.11 Å². The van der Waals surface area contributed by atoms with Gasteiger partial charge in [-0.1, -0.05) is 11.6 Å². The summed E-state index contributed by atoms with van der Waals surface area (Å²) in [5, 5.41) is 0.560. The van der Waals surface area contributed by atoms with Gasteiger partial charge < -0.3 is 4.74 Å². The van der Waals surface area contributed by atoms with Gasteiger partial charge in [-0.15, -0.1) is 0 Å². The molecule has 0 saturated heterocycles. The van der Waals surface area contributed by atoms with Gasteiger partial charge in [0.25, 0.3) is 0 Å². The Bertz CT molecular complexity index is 670. The summed E-state index contributed by atoms with van der Waals surface area (Å²) in [5.41, 5.74) is 0.981. The van der Waals surface area contributed by atoms with E-state index in [1.165, 1.54) is 12.2 Å². The van der Waals surface area contributed by atoms with Crippen LogP contribution in [0.25, 0.3) is 0 Å². The summed E-state index contributed by atoms with van der Waals surface area (Å²) < 4.78 is 5.02. The molecule has 0 saturated carbocycles. The molecule has 0 radical (unpaired) electrons. The number of carbonyl (C=O) groups is 2. The van der Waals surface area contributed by atoms with E-state index in [1.54, 1.807) is 55.6 Å². The molecular formula is C17H13ClO3. The first kappa shape index (κ1) is 15.0. The lowest BCUT2D eigenvalue weighted by Crippen LogP contribution is -1.98. The molecule has 0 aliphatic rings. The molecule has 0 aliphatic heterocycles. The number of ether oxygens (including phenoxy) is 1. The molecule has 0 heterocycles. The van der Waals surface area contributed by atoms with Crippen molar-refractivity contribution in [3.05, 3.63) is 76.8 Å². The maximum atomic E-state index is 11.9. The van der Waals surface area contributed by atoms with Gasteiger partial charge in [0, 0.05) is 16.1 Å². The molecule has 3 nitrogen and oxygen atoms in total. The molecule has 0 N–H and O–H groups in total. The molecular weight excluding hydrogens is 288 g/mol. The number of allylic oxidation sites excluding steroid dienone is 2. The Kier molecular flexibility index (Phi) is 4.90. The summed E-state index contributed by atoms with van der Waals surface area (Å²) in [5.74, 6) is 0.196. The molecule has 0 fully saturated rings. The Labute approximate surface area is 127 Å². The van der Waals surface area contributed by atoms with Gasteiger partial charge in [-0.25, -0.2) is 0 Å². The van der Waals surface area contributed by atoms with Crippen LogP contribution < -0.4 is 4.74 Å². The van der Waals surface area contributed by atoms with Crippen LogP contribution in [0.15, 0.2) is 60.7 Å². The molecule has 0 amide bonds. The van der Waals surface area contributed by atoms with Crippen LogP contribution in [0.2, 0.25) is 5.02 Å². The minimum atomic E-state index is -0.242. The second-order valence-corrected chi connectivity index (χ2v) is 4.73. The Morgan fingerprint density at radius 1 is 0.857 bits per heavy atom. The maximum absolute atomic E-state index is 11.9. The minimum Gasteiger partial charge on any atom is -0.497 e. The highest BCUT2D eigenvalue weighted by atomic mass is 35.5. The Balaban J connectivity index is 2.07. The summed E-state index contributed by atoms with van der Waals surface area (Å²) in [6.45, 7) is 0. The molecule has 2 rings (SSSR count). The number of rotatable bonds is 5. The van der Waals surface area contributed by atoms with Gasteiger partial charge in [0.2, 0.25) is 0 Å². The fraction of sp³-hybridized carbons (Fsp3) is 0.0588. The lowest BCUT2D eigenvalue weighted by Gasteiger charge is -2.00. The van der Waals surface area contributed by atoms with Crippen LogP contribution in [-0.2, 0) is 0 Å². The molecule has 0 atom stereocenters. The zero-order valence-electron chi connectivity index (χ0n) is 11.4. The van der Waals surface area contributed by atoms with Crippen LogP contribution in [0.3, 0.4) is 0 Å². The molecule has 0 spiro atoms. The first-order chi connectivity index (χ1) is 10.1. The van der Waals surface area contributed by atoms with E-state index in [9.17, 15) is 9.59 Å². The Hall–Kier alpha value is -2.39. The topological polar surface area (TPSA) is 43.4 Å². The zero-order valence-corrected chi connectivity index (χ0v) is 12.1. The van der Waals surface area contributed by atoms with Gasteiger partial charge in [-0.2, -0.15) is 0 Å². The van der Waals surface area contributed by atoms with E-state index < -0.39 is 0 Å². The number of halogens is 1. The van der Waals surface area contributed by atoms with Crippen LogP contribution in [0.4, 0.5) is 0 Å². The third kappa shape index (κ3) is 4.04. The molecule has 4 heteroatoms. The largest absolute Gasteiger partial charge is 0.497 e. The quantitative estimate of drug-likeness (QED) is 0.620. The van der Waals surface area contributed by atoms with Crippen molar-refractivity contribution in [3.8, 4) is 5.75 Å². The summed E-state index contributed by atoms with van der Waals surface area (Å²) in [6.07, 6.45) is 2.52. The van der Waals surface area contributed by atoms with Crippen molar-refractivity contribution in [2.75, 3.05) is 7.11 Å². The summed E-state index contributed by atoms with van der Waals surface area (Å²) in [6, 6.07) is 13.2. The van der Waals surface area contributed by atoms with Crippen molar-refractivity contribution >= 4 is 23.2 Å². The summed E-state index contributed by atoms with van der Waals surface area (Å²) in [4.78, 5) is 23.8. The van der Waals surface area contributed by atoms with Gasteiger partial charge in [-0.3, -0.25) is 9.59 Å². The molecule has 2 aromatic carbocycles. The van der Waals surface area contributed by atoms with Crippen molar-refractivity contribution < 1.29 is 14.3 Å². The molecule has 2 aromatic rings. The highest BCUT2D eigenvalue weighted by Crippen LogP contribution is 2.13. The SMILES string of the molecule is COc1ccc(C(=O)/C=C/C(=O)c2ccc(Cl)cc2)cc1. The fourth-order valence-electron chi connectivity index (χ4n) is 1.71. The van der Waals surface area contributed by atoms with Gasteiger partial charge in [-0.05, 0) is 60.7 Å². The molecule has 21 heavy (non-hydrogen) atoms. The number of methoxy groups -OCH3 is 1. The minimum absolute atomic E-state index is 0.236. The number of hydrogen-bond donors (Lipinski definition) is 0. The number of hydrogen-bond acceptors (Lipinski definition) is 3. The van der Waals surface area contributed by atoms with E-state index in [0.717, 1.165) is 0 Å². The van der Waals surface area contributed by atoms with E-state index in [4.69, 9.17) is 16.3 Å². The first-order valence-electron chi connectivity index (χ1n) is 6.26. The third-order valence-corrected chi connectivity index (χ3v) is 3.14. The van der Waals surface area contributed by atoms with Crippen molar-refractivity contribution in [2.24, 2.45) is 0 Å². The van der Waals surface area contributed by atoms with E-state index >= 15 is 0 Å². The van der Waals surface area contributed by atoms with Gasteiger partial charge >= 0.3 is 0 Å². The van der Waals surface area contributed by atoms with Crippen LogP contribution in [-0.4, -0.2) is 18.7 Å². The van der Waals surface area contributed by atoms with E-state index in [0.29, 0.717) is 21.9 Å². The van der Waals surface area contributed by atoms with E-state index in [2.05, 4.69) is 0 Å². The van der Waals surface area contributed by atoms with Crippen LogP contribution in [0.5, 0.6) is 5.75 Å². The highest BCUT2D eigenvalue weighted by Gasteiger charge is 2.05. The molecule has 0 unspecified atom stereocenters. The van der Waals surface area contributed by atoms with Crippen molar-refractivity contribution in [1.82, 2.24) is 0 Å². The monoisotopic (exact) mass is 300 g/mol. The molecule has 0 aromatic heterocycles. The predicted molar refractivity (Wildman–Crippen MR) is 82.2 cm³/mol. The third-order valence-electron chi connectivity index (χ3n) is 2.89. The average Bonchev–Trinajstić information content (AvgIpc) is 2.53. The van der Waals surface area contributed by atoms with Crippen LogP contribution in [0, 0.1) is 0 Å². The lowest BCUT2D eigenvalue weighted by molar-refractivity contribution is 0.102. The highest BCUT2D eigenvalue weighted by molar-refractivity contribution is 6.30. The smallest absolute Gasteiger partial charge is 0.185 e. The number of carbonyl (C=O) groups excluding carboxylic acids is 2. The zero-order chi connectivity index (χ0) is 15.2. The van der Waals surface area contributed by atoms with Gasteiger partial charge in [0.1, 0.15) is 5.75 Å². The van der Waals surface area contributed by atoms with Crippen molar-refractivity contribution in [2.45, 2.75) is 0 Å². The summed E-state index contributed by atoms with van der Waals surface area (Å²) >= 11 is 5.75. The molecule has 0 bridgehead atoms. The van der Waals surface area contributed by atoms with E-state index in [1.807, 2.05) is 0 Å². The van der Waals surface area contributed by atoms with Crippen molar-refractivity contribution in [1.29, 1.82) is 0 Å². The normalized spacial score (nSPS) is 10.6. The second kappa shape index (κ2) is 6.86. The predicted octanol–water partition coefficient (Wildman–Crippen LogP) is 3.97. The lowest BCUT2D eigenvalue weighted by atomic mass is 10.1. The maximum Gasteiger partial charge on any atom is 0.185 e. The van der Waals surface area contributed by atoms with Crippen LogP contribution in [0.1, 0.15) is 20.7 Å². The Morgan fingerprint density at radius 3 is 1.71 bits per heavy atom. The second-order valence-electron chi connectivity index (χ2n) is 4.30. The van der Waals surface area contributed by atoms with Crippen LogP contribution >= 0.6 is 11.6 Å².